The molecule has 128 valence electrons. The van der Waals surface area contributed by atoms with Crippen LogP contribution in [0.1, 0.15) is 23.4 Å². The number of hydrazine groups is 1. The molecule has 0 saturated carbocycles. The fourth-order valence-electron chi connectivity index (χ4n) is 2.98. The van der Waals surface area contributed by atoms with Gasteiger partial charge in [-0.05, 0) is 42.0 Å². The molecule has 1 saturated heterocycles. The second-order valence-electron chi connectivity index (χ2n) is 5.85. The number of benzene rings is 2. The SMILES string of the molecule is COc1cccc(C2NNCC2c2nc(-c3ccc(Cl)cc3)no2)c1. The Kier molecular flexibility index (Phi) is 4.40. The molecule has 7 heteroatoms. The molecule has 2 atom stereocenters. The van der Waals surface area contributed by atoms with Crippen LogP contribution in [0.5, 0.6) is 5.75 Å². The molecule has 2 N–H and O–H groups in total. The van der Waals surface area contributed by atoms with Gasteiger partial charge in [-0.1, -0.05) is 28.9 Å². The predicted octanol–water partition coefficient (Wildman–Crippen LogP) is 3.33. The number of ether oxygens (including phenoxy) is 1. The number of halogens is 1. The molecule has 0 spiro atoms. The minimum atomic E-state index is 0.0219. The van der Waals surface area contributed by atoms with Gasteiger partial charge in [-0.2, -0.15) is 4.98 Å². The van der Waals surface area contributed by atoms with Gasteiger partial charge in [0.2, 0.25) is 11.7 Å². The summed E-state index contributed by atoms with van der Waals surface area (Å²) >= 11 is 5.93. The molecule has 1 aromatic heterocycles. The van der Waals surface area contributed by atoms with Crippen molar-refractivity contribution in [3.8, 4) is 17.1 Å². The maximum atomic E-state index is 5.93. The van der Waals surface area contributed by atoms with Gasteiger partial charge in [-0.3, -0.25) is 5.43 Å². The van der Waals surface area contributed by atoms with Gasteiger partial charge in [0.15, 0.2) is 0 Å². The Hall–Kier alpha value is -2.41. The Bertz CT molecular complexity index is 866. The van der Waals surface area contributed by atoms with Crippen LogP contribution in [-0.2, 0) is 0 Å². The van der Waals surface area contributed by atoms with E-state index in [9.17, 15) is 0 Å². The average Bonchev–Trinajstić information content (AvgIpc) is 3.31. The number of nitrogens with zero attached hydrogens (tertiary/aromatic N) is 2. The second-order valence-corrected chi connectivity index (χ2v) is 6.29. The van der Waals surface area contributed by atoms with Gasteiger partial charge in [0.25, 0.3) is 0 Å². The van der Waals surface area contributed by atoms with Gasteiger partial charge in [-0.15, -0.1) is 0 Å². The van der Waals surface area contributed by atoms with Crippen molar-refractivity contribution in [1.82, 2.24) is 21.0 Å². The van der Waals surface area contributed by atoms with E-state index in [0.717, 1.165) is 16.9 Å². The topological polar surface area (TPSA) is 72.2 Å². The summed E-state index contributed by atoms with van der Waals surface area (Å²) in [5.74, 6) is 2.00. The van der Waals surface area contributed by atoms with Gasteiger partial charge in [-0.25, -0.2) is 5.43 Å². The Morgan fingerprint density at radius 2 is 2.04 bits per heavy atom. The quantitative estimate of drug-likeness (QED) is 0.747. The van der Waals surface area contributed by atoms with E-state index >= 15 is 0 Å². The molecule has 25 heavy (non-hydrogen) atoms. The van der Waals surface area contributed by atoms with Crippen molar-refractivity contribution in [1.29, 1.82) is 0 Å². The van der Waals surface area contributed by atoms with Gasteiger partial charge >= 0.3 is 0 Å². The number of hydrogen-bond donors (Lipinski definition) is 2. The van der Waals surface area contributed by atoms with Crippen molar-refractivity contribution in [2.75, 3.05) is 13.7 Å². The van der Waals surface area contributed by atoms with E-state index in [1.807, 2.05) is 42.5 Å². The van der Waals surface area contributed by atoms with Gasteiger partial charge < -0.3 is 9.26 Å². The molecular formula is C18H17ClN4O2. The third-order valence-corrected chi connectivity index (χ3v) is 4.55. The molecule has 1 fully saturated rings. The van der Waals surface area contributed by atoms with Crippen molar-refractivity contribution < 1.29 is 9.26 Å². The van der Waals surface area contributed by atoms with E-state index in [0.29, 0.717) is 23.3 Å². The maximum absolute atomic E-state index is 5.93. The van der Waals surface area contributed by atoms with Crippen LogP contribution in [0.15, 0.2) is 53.1 Å². The fourth-order valence-corrected chi connectivity index (χ4v) is 3.11. The average molecular weight is 357 g/mol. The van der Waals surface area contributed by atoms with Crippen molar-refractivity contribution >= 4 is 11.6 Å². The zero-order valence-corrected chi connectivity index (χ0v) is 14.3. The highest BCUT2D eigenvalue weighted by molar-refractivity contribution is 6.30. The summed E-state index contributed by atoms with van der Waals surface area (Å²) in [5.41, 5.74) is 8.43. The Balaban J connectivity index is 1.61. The van der Waals surface area contributed by atoms with Crippen molar-refractivity contribution in [2.45, 2.75) is 12.0 Å². The zero-order chi connectivity index (χ0) is 17.2. The zero-order valence-electron chi connectivity index (χ0n) is 13.6. The Morgan fingerprint density at radius 1 is 1.20 bits per heavy atom. The van der Waals surface area contributed by atoms with E-state index < -0.39 is 0 Å². The van der Waals surface area contributed by atoms with Gasteiger partial charge in [0.1, 0.15) is 5.75 Å². The lowest BCUT2D eigenvalue weighted by atomic mass is 9.94. The number of aromatic nitrogens is 2. The molecule has 1 aliphatic rings. The van der Waals surface area contributed by atoms with Crippen LogP contribution < -0.4 is 15.6 Å². The highest BCUT2D eigenvalue weighted by atomic mass is 35.5. The number of methoxy groups -OCH3 is 1. The third kappa shape index (κ3) is 3.24. The van der Waals surface area contributed by atoms with Crippen molar-refractivity contribution in [3.05, 3.63) is 65.0 Å². The normalized spacial score (nSPS) is 19.9. The van der Waals surface area contributed by atoms with E-state index in [1.54, 1.807) is 7.11 Å². The highest BCUT2D eigenvalue weighted by Crippen LogP contribution is 2.34. The van der Waals surface area contributed by atoms with Crippen LogP contribution in [0.3, 0.4) is 0 Å². The van der Waals surface area contributed by atoms with E-state index in [-0.39, 0.29) is 12.0 Å². The summed E-state index contributed by atoms with van der Waals surface area (Å²) in [6.07, 6.45) is 0. The molecule has 6 nitrogen and oxygen atoms in total. The summed E-state index contributed by atoms with van der Waals surface area (Å²) in [6.45, 7) is 0.699. The first-order valence-corrected chi connectivity index (χ1v) is 8.34. The summed E-state index contributed by atoms with van der Waals surface area (Å²) < 4.78 is 10.9. The van der Waals surface area contributed by atoms with E-state index in [4.69, 9.17) is 20.9 Å². The Morgan fingerprint density at radius 3 is 2.84 bits per heavy atom. The number of rotatable bonds is 4. The van der Waals surface area contributed by atoms with Crippen LogP contribution >= 0.6 is 11.6 Å². The number of hydrogen-bond acceptors (Lipinski definition) is 6. The summed E-state index contributed by atoms with van der Waals surface area (Å²) in [7, 11) is 1.66. The van der Waals surface area contributed by atoms with E-state index in [1.165, 1.54) is 0 Å². The van der Waals surface area contributed by atoms with Gasteiger partial charge in [0, 0.05) is 17.1 Å². The number of nitrogens with one attached hydrogen (secondary N) is 2. The molecule has 0 bridgehead atoms. The largest absolute Gasteiger partial charge is 0.497 e. The second kappa shape index (κ2) is 6.84. The monoisotopic (exact) mass is 356 g/mol. The molecule has 3 aromatic rings. The molecule has 2 aromatic carbocycles. The first-order valence-electron chi connectivity index (χ1n) is 7.96. The van der Waals surface area contributed by atoms with Crippen molar-refractivity contribution in [2.24, 2.45) is 0 Å². The molecule has 2 unspecified atom stereocenters. The maximum Gasteiger partial charge on any atom is 0.233 e. The molecule has 2 heterocycles. The predicted molar refractivity (Wildman–Crippen MR) is 94.4 cm³/mol. The minimum Gasteiger partial charge on any atom is -0.497 e. The first-order chi connectivity index (χ1) is 12.2. The lowest BCUT2D eigenvalue weighted by Gasteiger charge is -2.16. The van der Waals surface area contributed by atoms with Crippen LogP contribution in [-0.4, -0.2) is 23.8 Å². The molecular weight excluding hydrogens is 340 g/mol. The van der Waals surface area contributed by atoms with Crippen LogP contribution in [0.4, 0.5) is 0 Å². The van der Waals surface area contributed by atoms with Crippen LogP contribution in [0.2, 0.25) is 5.02 Å². The Labute approximate surface area is 150 Å². The smallest absolute Gasteiger partial charge is 0.233 e. The molecule has 4 rings (SSSR count). The molecule has 1 aliphatic heterocycles. The van der Waals surface area contributed by atoms with Crippen LogP contribution in [0, 0.1) is 0 Å². The standard InChI is InChI=1S/C18H17ClN4O2/c1-24-14-4-2-3-12(9-14)16-15(10-20-22-16)18-21-17(23-25-18)11-5-7-13(19)8-6-11/h2-9,15-16,20,22H,10H2,1H3. The summed E-state index contributed by atoms with van der Waals surface area (Å²) in [5, 5.41) is 4.79. The van der Waals surface area contributed by atoms with E-state index in [2.05, 4.69) is 27.1 Å². The lowest BCUT2D eigenvalue weighted by molar-refractivity contribution is 0.346. The fraction of sp³-hybridized carbons (Fsp3) is 0.222. The summed E-state index contributed by atoms with van der Waals surface area (Å²) in [6, 6.07) is 15.3. The molecule has 0 aliphatic carbocycles. The molecule has 0 radical (unpaired) electrons. The third-order valence-electron chi connectivity index (χ3n) is 4.30. The lowest BCUT2D eigenvalue weighted by Crippen LogP contribution is -2.24. The molecule has 0 amide bonds. The summed E-state index contributed by atoms with van der Waals surface area (Å²) in [4.78, 5) is 4.58. The first kappa shape index (κ1) is 16.1. The van der Waals surface area contributed by atoms with Crippen LogP contribution in [0.25, 0.3) is 11.4 Å². The highest BCUT2D eigenvalue weighted by Gasteiger charge is 2.34. The van der Waals surface area contributed by atoms with Gasteiger partial charge in [0.05, 0.1) is 19.1 Å². The van der Waals surface area contributed by atoms with Crippen molar-refractivity contribution in [3.63, 3.8) is 0 Å². The minimum absolute atomic E-state index is 0.0219.